The lowest BCUT2D eigenvalue weighted by Gasteiger charge is -2.19. The van der Waals surface area contributed by atoms with Gasteiger partial charge in [0.2, 0.25) is 5.75 Å². The molecule has 0 saturated heterocycles. The summed E-state index contributed by atoms with van der Waals surface area (Å²) in [6.07, 6.45) is 0. The van der Waals surface area contributed by atoms with Crippen LogP contribution in [0.1, 0.15) is 5.69 Å². The molecule has 0 bridgehead atoms. The summed E-state index contributed by atoms with van der Waals surface area (Å²) in [4.78, 5) is 0. The molecule has 4 rings (SSSR count). The van der Waals surface area contributed by atoms with E-state index in [-0.39, 0.29) is 0 Å². The summed E-state index contributed by atoms with van der Waals surface area (Å²) in [7, 11) is 4.74. The average molecular weight is 339 g/mol. The summed E-state index contributed by atoms with van der Waals surface area (Å²) in [6, 6.07) is 11.5. The van der Waals surface area contributed by atoms with Gasteiger partial charge in [-0.1, -0.05) is 17.3 Å². The fourth-order valence-electron chi connectivity index (χ4n) is 2.98. The van der Waals surface area contributed by atoms with E-state index < -0.39 is 0 Å². The van der Waals surface area contributed by atoms with Crippen LogP contribution in [0.5, 0.6) is 23.0 Å². The molecule has 7 nitrogen and oxygen atoms in total. The number of hydrogen-bond acceptors (Lipinski definition) is 6. The SMILES string of the molecule is COc1cc(-n2nnc3c2-c2ccccc2OC3)cc(OC)c1OC. The molecule has 0 unspecified atom stereocenters. The van der Waals surface area contributed by atoms with Crippen LogP contribution < -0.4 is 18.9 Å². The highest BCUT2D eigenvalue weighted by atomic mass is 16.5. The second kappa shape index (κ2) is 6.01. The van der Waals surface area contributed by atoms with Gasteiger partial charge < -0.3 is 18.9 Å². The topological polar surface area (TPSA) is 67.6 Å². The maximum absolute atomic E-state index is 5.74. The number of fused-ring (bicyclic) bond motifs is 3. The molecule has 0 amide bonds. The lowest BCUT2D eigenvalue weighted by Crippen LogP contribution is -2.08. The number of para-hydroxylation sites is 1. The van der Waals surface area contributed by atoms with E-state index in [9.17, 15) is 0 Å². The maximum atomic E-state index is 5.74. The molecular formula is C18H17N3O4. The molecule has 1 aliphatic heterocycles. The molecule has 7 heteroatoms. The molecule has 25 heavy (non-hydrogen) atoms. The van der Waals surface area contributed by atoms with Crippen molar-refractivity contribution in [3.8, 4) is 39.9 Å². The average Bonchev–Trinajstić information content (AvgIpc) is 3.11. The summed E-state index contributed by atoms with van der Waals surface area (Å²) in [5.74, 6) is 2.46. The van der Waals surface area contributed by atoms with Crippen molar-refractivity contribution in [1.29, 1.82) is 0 Å². The van der Waals surface area contributed by atoms with Gasteiger partial charge in [-0.05, 0) is 12.1 Å². The first-order valence-corrected chi connectivity index (χ1v) is 7.74. The molecule has 0 spiro atoms. The standard InChI is InChI=1S/C18H17N3O4/c1-22-15-8-11(9-16(23-2)18(15)24-3)21-17-12-6-4-5-7-14(12)25-10-13(17)19-20-21/h4-9H,10H2,1-3H3. The van der Waals surface area contributed by atoms with E-state index >= 15 is 0 Å². The minimum Gasteiger partial charge on any atom is -0.493 e. The molecule has 2 heterocycles. The zero-order valence-corrected chi connectivity index (χ0v) is 14.1. The van der Waals surface area contributed by atoms with E-state index in [0.29, 0.717) is 23.9 Å². The molecule has 0 aliphatic carbocycles. The van der Waals surface area contributed by atoms with Crippen LogP contribution in [-0.2, 0) is 6.61 Å². The van der Waals surface area contributed by atoms with Gasteiger partial charge in [0.25, 0.3) is 0 Å². The number of rotatable bonds is 4. The van der Waals surface area contributed by atoms with Crippen LogP contribution in [0.25, 0.3) is 16.9 Å². The molecule has 0 atom stereocenters. The van der Waals surface area contributed by atoms with Gasteiger partial charge in [-0.3, -0.25) is 0 Å². The normalized spacial score (nSPS) is 12.0. The van der Waals surface area contributed by atoms with Gasteiger partial charge in [-0.2, -0.15) is 0 Å². The van der Waals surface area contributed by atoms with Crippen molar-refractivity contribution >= 4 is 0 Å². The summed E-state index contributed by atoms with van der Waals surface area (Å²) < 4.78 is 23.8. The second-order valence-electron chi connectivity index (χ2n) is 5.46. The van der Waals surface area contributed by atoms with Crippen molar-refractivity contribution in [3.63, 3.8) is 0 Å². The van der Waals surface area contributed by atoms with Crippen LogP contribution >= 0.6 is 0 Å². The van der Waals surface area contributed by atoms with Crippen LogP contribution in [-0.4, -0.2) is 36.3 Å². The van der Waals surface area contributed by atoms with Gasteiger partial charge in [0.1, 0.15) is 23.7 Å². The Morgan fingerprint density at radius 2 is 1.72 bits per heavy atom. The summed E-state index contributed by atoms with van der Waals surface area (Å²) in [6.45, 7) is 0.386. The number of hydrogen-bond donors (Lipinski definition) is 0. The largest absolute Gasteiger partial charge is 0.493 e. The molecule has 1 aromatic heterocycles. The molecular weight excluding hydrogens is 322 g/mol. The maximum Gasteiger partial charge on any atom is 0.203 e. The third-order valence-electron chi connectivity index (χ3n) is 4.14. The highest BCUT2D eigenvalue weighted by Crippen LogP contribution is 2.42. The van der Waals surface area contributed by atoms with Crippen LogP contribution in [0.4, 0.5) is 0 Å². The van der Waals surface area contributed by atoms with Crippen molar-refractivity contribution in [1.82, 2.24) is 15.0 Å². The highest BCUT2D eigenvalue weighted by Gasteiger charge is 2.25. The number of methoxy groups -OCH3 is 3. The van der Waals surface area contributed by atoms with Gasteiger partial charge in [0.05, 0.1) is 27.0 Å². The molecule has 128 valence electrons. The summed E-state index contributed by atoms with van der Waals surface area (Å²) >= 11 is 0. The van der Waals surface area contributed by atoms with Crippen molar-refractivity contribution in [3.05, 3.63) is 42.1 Å². The van der Waals surface area contributed by atoms with E-state index in [2.05, 4.69) is 10.3 Å². The molecule has 0 saturated carbocycles. The van der Waals surface area contributed by atoms with Gasteiger partial charge in [0, 0.05) is 17.7 Å². The van der Waals surface area contributed by atoms with E-state index in [1.807, 2.05) is 36.4 Å². The van der Waals surface area contributed by atoms with Crippen molar-refractivity contribution in [2.24, 2.45) is 0 Å². The van der Waals surface area contributed by atoms with Gasteiger partial charge >= 0.3 is 0 Å². The van der Waals surface area contributed by atoms with Crippen LogP contribution in [0.3, 0.4) is 0 Å². The Kier molecular flexibility index (Phi) is 3.68. The zero-order valence-electron chi connectivity index (χ0n) is 14.1. The monoisotopic (exact) mass is 339 g/mol. The van der Waals surface area contributed by atoms with E-state index in [1.54, 1.807) is 26.0 Å². The lowest BCUT2D eigenvalue weighted by atomic mass is 10.1. The quantitative estimate of drug-likeness (QED) is 0.728. The first kappa shape index (κ1) is 15.3. The lowest BCUT2D eigenvalue weighted by molar-refractivity contribution is 0.297. The summed E-state index contributed by atoms with van der Waals surface area (Å²) in [5.41, 5.74) is 3.39. The second-order valence-corrected chi connectivity index (χ2v) is 5.46. The Morgan fingerprint density at radius 1 is 1.00 bits per heavy atom. The van der Waals surface area contributed by atoms with E-state index in [0.717, 1.165) is 28.4 Å². The van der Waals surface area contributed by atoms with Gasteiger partial charge in [0.15, 0.2) is 11.5 Å². The Morgan fingerprint density at radius 3 is 2.40 bits per heavy atom. The van der Waals surface area contributed by atoms with Crippen molar-refractivity contribution < 1.29 is 18.9 Å². The van der Waals surface area contributed by atoms with E-state index in [1.165, 1.54) is 0 Å². The highest BCUT2D eigenvalue weighted by molar-refractivity contribution is 5.73. The van der Waals surface area contributed by atoms with Crippen molar-refractivity contribution in [2.45, 2.75) is 6.61 Å². The van der Waals surface area contributed by atoms with Crippen molar-refractivity contribution in [2.75, 3.05) is 21.3 Å². The minimum atomic E-state index is 0.386. The number of ether oxygens (including phenoxy) is 4. The number of nitrogens with zero attached hydrogens (tertiary/aromatic N) is 3. The Balaban J connectivity index is 1.93. The third kappa shape index (κ3) is 2.36. The first-order valence-electron chi connectivity index (χ1n) is 7.74. The van der Waals surface area contributed by atoms with Crippen LogP contribution in [0.2, 0.25) is 0 Å². The zero-order chi connectivity index (χ0) is 17.4. The molecule has 1 aliphatic rings. The smallest absolute Gasteiger partial charge is 0.203 e. The molecule has 0 N–H and O–H groups in total. The Bertz CT molecular complexity index is 911. The molecule has 2 aromatic carbocycles. The number of benzene rings is 2. The molecule has 0 fully saturated rings. The van der Waals surface area contributed by atoms with Gasteiger partial charge in [-0.15, -0.1) is 5.10 Å². The fourth-order valence-corrected chi connectivity index (χ4v) is 2.98. The van der Waals surface area contributed by atoms with Crippen LogP contribution in [0.15, 0.2) is 36.4 Å². The third-order valence-corrected chi connectivity index (χ3v) is 4.14. The predicted molar refractivity (Wildman–Crippen MR) is 90.8 cm³/mol. The van der Waals surface area contributed by atoms with Gasteiger partial charge in [-0.25, -0.2) is 4.68 Å². The Hall–Kier alpha value is -3.22. The molecule has 0 radical (unpaired) electrons. The summed E-state index contributed by atoms with van der Waals surface area (Å²) in [5, 5.41) is 8.57. The Labute approximate surface area is 144 Å². The first-order chi connectivity index (χ1) is 12.3. The predicted octanol–water partition coefficient (Wildman–Crippen LogP) is 2.85. The van der Waals surface area contributed by atoms with Crippen LogP contribution in [0, 0.1) is 0 Å². The minimum absolute atomic E-state index is 0.386. The van der Waals surface area contributed by atoms with E-state index in [4.69, 9.17) is 18.9 Å². The molecule has 3 aromatic rings. The fraction of sp³-hybridized carbons (Fsp3) is 0.222. The number of aromatic nitrogens is 3.